The highest BCUT2D eigenvalue weighted by Crippen LogP contribution is 2.39. The van der Waals surface area contributed by atoms with Gasteiger partial charge in [-0.05, 0) is 42.0 Å². The lowest BCUT2D eigenvalue weighted by Crippen LogP contribution is -2.32. The normalized spacial score (nSPS) is 15.2. The average Bonchev–Trinajstić information content (AvgIpc) is 3.08. The van der Waals surface area contributed by atoms with E-state index in [9.17, 15) is 9.59 Å². The SMILES string of the molecule is COc1ccccc1N1C(=O)C(Nc2ccc3c(c2)OCCO3)=C(c2ccc(Cl)cc2)C1=O. The summed E-state index contributed by atoms with van der Waals surface area (Å²) in [6.07, 6.45) is 0. The van der Waals surface area contributed by atoms with Crippen molar-refractivity contribution < 1.29 is 23.8 Å². The molecule has 166 valence electrons. The summed E-state index contributed by atoms with van der Waals surface area (Å²) in [4.78, 5) is 28.3. The van der Waals surface area contributed by atoms with Gasteiger partial charge < -0.3 is 19.5 Å². The van der Waals surface area contributed by atoms with Gasteiger partial charge in [0.25, 0.3) is 11.8 Å². The van der Waals surface area contributed by atoms with Crippen LogP contribution in [0.4, 0.5) is 11.4 Å². The fourth-order valence-electron chi connectivity index (χ4n) is 3.83. The molecule has 2 amide bonds. The minimum atomic E-state index is -0.496. The van der Waals surface area contributed by atoms with Gasteiger partial charge in [-0.25, -0.2) is 4.90 Å². The number of halogens is 1. The summed E-state index contributed by atoms with van der Waals surface area (Å²) in [7, 11) is 1.49. The van der Waals surface area contributed by atoms with Gasteiger partial charge in [0.2, 0.25) is 0 Å². The molecule has 0 saturated heterocycles. The number of carbonyl (C=O) groups excluding carboxylic acids is 2. The molecule has 0 atom stereocenters. The Morgan fingerprint density at radius 2 is 1.64 bits per heavy atom. The molecular formula is C25H19ClN2O5. The third-order valence-electron chi connectivity index (χ3n) is 5.35. The number of para-hydroxylation sites is 2. The number of ether oxygens (including phenoxy) is 3. The van der Waals surface area contributed by atoms with Crippen LogP contribution in [-0.4, -0.2) is 32.1 Å². The van der Waals surface area contributed by atoms with Crippen LogP contribution in [0.2, 0.25) is 5.02 Å². The molecule has 0 saturated carbocycles. The van der Waals surface area contributed by atoms with E-state index in [2.05, 4.69) is 5.32 Å². The van der Waals surface area contributed by atoms with E-state index in [1.807, 2.05) is 0 Å². The standard InChI is InChI=1S/C25H19ClN2O5/c1-31-19-5-3-2-4-18(19)28-24(29)22(15-6-8-16(26)9-7-15)23(25(28)30)27-17-10-11-20-21(14-17)33-13-12-32-20/h2-11,14,27H,12-13H2,1H3. The van der Waals surface area contributed by atoms with Crippen LogP contribution in [0.3, 0.4) is 0 Å². The number of rotatable bonds is 5. The Morgan fingerprint density at radius 1 is 0.909 bits per heavy atom. The Labute approximate surface area is 195 Å². The molecule has 3 aromatic carbocycles. The second-order valence-corrected chi connectivity index (χ2v) is 7.79. The Balaban J connectivity index is 1.60. The Morgan fingerprint density at radius 3 is 2.39 bits per heavy atom. The number of imide groups is 1. The van der Waals surface area contributed by atoms with Gasteiger partial charge in [0.1, 0.15) is 24.7 Å². The zero-order chi connectivity index (χ0) is 22.9. The van der Waals surface area contributed by atoms with E-state index in [-0.39, 0.29) is 11.3 Å². The molecule has 33 heavy (non-hydrogen) atoms. The highest BCUT2D eigenvalue weighted by Gasteiger charge is 2.41. The number of nitrogens with one attached hydrogen (secondary N) is 1. The molecule has 2 heterocycles. The largest absolute Gasteiger partial charge is 0.495 e. The molecule has 0 bridgehead atoms. The lowest BCUT2D eigenvalue weighted by molar-refractivity contribution is -0.120. The van der Waals surface area contributed by atoms with Gasteiger partial charge in [0.15, 0.2) is 11.5 Å². The van der Waals surface area contributed by atoms with E-state index >= 15 is 0 Å². The number of benzene rings is 3. The minimum Gasteiger partial charge on any atom is -0.495 e. The van der Waals surface area contributed by atoms with Gasteiger partial charge in [-0.2, -0.15) is 0 Å². The van der Waals surface area contributed by atoms with Crippen molar-refractivity contribution in [3.8, 4) is 17.2 Å². The Kier molecular flexibility index (Phi) is 5.40. The first kappa shape index (κ1) is 20.9. The summed E-state index contributed by atoms with van der Waals surface area (Å²) in [5.74, 6) is 0.646. The van der Waals surface area contributed by atoms with Crippen molar-refractivity contribution >= 4 is 40.4 Å². The van der Waals surface area contributed by atoms with Gasteiger partial charge in [-0.3, -0.25) is 9.59 Å². The summed E-state index contributed by atoms with van der Waals surface area (Å²) >= 11 is 6.04. The van der Waals surface area contributed by atoms with Crippen molar-refractivity contribution in [2.45, 2.75) is 0 Å². The van der Waals surface area contributed by atoms with Crippen LogP contribution in [0.5, 0.6) is 17.2 Å². The van der Waals surface area contributed by atoms with Crippen LogP contribution in [-0.2, 0) is 9.59 Å². The van der Waals surface area contributed by atoms with E-state index < -0.39 is 11.8 Å². The van der Waals surface area contributed by atoms with Gasteiger partial charge in [-0.1, -0.05) is 35.9 Å². The third kappa shape index (κ3) is 3.76. The van der Waals surface area contributed by atoms with Crippen molar-refractivity contribution in [3.63, 3.8) is 0 Å². The lowest BCUT2D eigenvalue weighted by Gasteiger charge is -2.20. The van der Waals surface area contributed by atoms with Crippen molar-refractivity contribution in [3.05, 3.63) is 83.0 Å². The summed E-state index contributed by atoms with van der Waals surface area (Å²) in [5.41, 5.74) is 1.89. The highest BCUT2D eigenvalue weighted by molar-refractivity contribution is 6.46. The third-order valence-corrected chi connectivity index (χ3v) is 5.61. The number of fused-ring (bicyclic) bond motifs is 1. The maximum absolute atomic E-state index is 13.6. The van der Waals surface area contributed by atoms with Crippen molar-refractivity contribution in [1.82, 2.24) is 0 Å². The molecule has 0 radical (unpaired) electrons. The summed E-state index contributed by atoms with van der Waals surface area (Å²) in [6, 6.07) is 18.9. The van der Waals surface area contributed by atoms with Gasteiger partial charge in [0, 0.05) is 16.8 Å². The lowest BCUT2D eigenvalue weighted by atomic mass is 10.0. The van der Waals surface area contributed by atoms with E-state index in [1.165, 1.54) is 7.11 Å². The number of hydrogen-bond acceptors (Lipinski definition) is 6. The number of methoxy groups -OCH3 is 1. The summed E-state index contributed by atoms with van der Waals surface area (Å²) in [5, 5.41) is 3.66. The number of nitrogens with zero attached hydrogens (tertiary/aromatic N) is 1. The molecular weight excluding hydrogens is 444 g/mol. The predicted octanol–water partition coefficient (Wildman–Crippen LogP) is 4.52. The van der Waals surface area contributed by atoms with Crippen LogP contribution < -0.4 is 24.4 Å². The van der Waals surface area contributed by atoms with Crippen LogP contribution in [0, 0.1) is 0 Å². The maximum atomic E-state index is 13.6. The molecule has 0 aromatic heterocycles. The van der Waals surface area contributed by atoms with Crippen LogP contribution in [0.1, 0.15) is 5.56 Å². The van der Waals surface area contributed by atoms with Crippen molar-refractivity contribution in [1.29, 1.82) is 0 Å². The van der Waals surface area contributed by atoms with Gasteiger partial charge in [0.05, 0.1) is 18.4 Å². The summed E-state index contributed by atoms with van der Waals surface area (Å²) in [6.45, 7) is 0.917. The van der Waals surface area contributed by atoms with Crippen molar-refractivity contribution in [2.24, 2.45) is 0 Å². The monoisotopic (exact) mass is 462 g/mol. The smallest absolute Gasteiger partial charge is 0.282 e. The number of anilines is 2. The highest BCUT2D eigenvalue weighted by atomic mass is 35.5. The Hall–Kier alpha value is -3.97. The van der Waals surface area contributed by atoms with E-state index in [1.54, 1.807) is 66.7 Å². The first-order chi connectivity index (χ1) is 16.1. The molecule has 0 spiro atoms. The molecule has 1 N–H and O–H groups in total. The molecule has 0 unspecified atom stereocenters. The first-order valence-corrected chi connectivity index (χ1v) is 10.6. The predicted molar refractivity (Wildman–Crippen MR) is 125 cm³/mol. The first-order valence-electron chi connectivity index (χ1n) is 10.3. The van der Waals surface area contributed by atoms with Crippen LogP contribution >= 0.6 is 11.6 Å². The Bertz CT molecular complexity index is 1290. The zero-order valence-corrected chi connectivity index (χ0v) is 18.4. The molecule has 2 aliphatic rings. The molecule has 0 fully saturated rings. The van der Waals surface area contributed by atoms with Crippen molar-refractivity contribution in [2.75, 3.05) is 30.5 Å². The molecule has 8 heteroatoms. The fraction of sp³-hybridized carbons (Fsp3) is 0.120. The second kappa shape index (κ2) is 8.52. The topological polar surface area (TPSA) is 77.1 Å². The summed E-state index contributed by atoms with van der Waals surface area (Å²) < 4.78 is 16.6. The van der Waals surface area contributed by atoms with E-state index in [0.717, 1.165) is 4.90 Å². The van der Waals surface area contributed by atoms with Crippen LogP contribution in [0.15, 0.2) is 72.4 Å². The number of hydrogen-bond donors (Lipinski definition) is 1. The van der Waals surface area contributed by atoms with E-state index in [0.29, 0.717) is 52.4 Å². The van der Waals surface area contributed by atoms with Gasteiger partial charge in [-0.15, -0.1) is 0 Å². The van der Waals surface area contributed by atoms with Crippen LogP contribution in [0.25, 0.3) is 5.57 Å². The van der Waals surface area contributed by atoms with Gasteiger partial charge >= 0.3 is 0 Å². The molecule has 7 nitrogen and oxygen atoms in total. The van der Waals surface area contributed by atoms with E-state index in [4.69, 9.17) is 25.8 Å². The minimum absolute atomic E-state index is 0.143. The second-order valence-electron chi connectivity index (χ2n) is 7.36. The zero-order valence-electron chi connectivity index (χ0n) is 17.6. The molecule has 5 rings (SSSR count). The molecule has 3 aromatic rings. The fourth-order valence-corrected chi connectivity index (χ4v) is 3.95. The average molecular weight is 463 g/mol. The maximum Gasteiger partial charge on any atom is 0.282 e. The molecule has 0 aliphatic carbocycles. The number of amides is 2. The quantitative estimate of drug-likeness (QED) is 0.562. The molecule has 2 aliphatic heterocycles. The number of carbonyl (C=O) groups is 2.